The second kappa shape index (κ2) is 8.84. The summed E-state index contributed by atoms with van der Waals surface area (Å²) in [6.45, 7) is 0.992. The van der Waals surface area contributed by atoms with Gasteiger partial charge in [0.1, 0.15) is 0 Å². The number of rotatable bonds is 4. The summed E-state index contributed by atoms with van der Waals surface area (Å²) in [5, 5.41) is 4.71. The number of amides is 1. The molecule has 0 aliphatic carbocycles. The lowest BCUT2D eigenvalue weighted by molar-refractivity contribution is 0.0958. The molecule has 152 valence electrons. The van der Waals surface area contributed by atoms with Crippen molar-refractivity contribution in [2.45, 2.75) is 17.9 Å². The molecule has 0 atom stereocenters. The van der Waals surface area contributed by atoms with Gasteiger partial charge < -0.3 is 5.32 Å². The fourth-order valence-electron chi connectivity index (χ4n) is 3.27. The Morgan fingerprint density at radius 1 is 1.10 bits per heavy atom. The number of thiophene rings is 1. The number of carbonyl (C=O) groups is 1. The van der Waals surface area contributed by atoms with E-state index in [1.165, 1.54) is 21.3 Å². The summed E-state index contributed by atoms with van der Waals surface area (Å²) in [5.41, 5.74) is 2.22. The first kappa shape index (κ1) is 20.4. The van der Waals surface area contributed by atoms with E-state index >= 15 is 0 Å². The molecule has 1 aromatic heterocycles. The minimum absolute atomic E-state index is 0.129. The fraction of sp³-hybridized carbons (Fsp3) is 0.174. The first-order valence-corrected chi connectivity index (χ1v) is 11.8. The summed E-state index contributed by atoms with van der Waals surface area (Å²) in [4.78, 5) is 13.8. The van der Waals surface area contributed by atoms with Gasteiger partial charge >= 0.3 is 0 Å². The van der Waals surface area contributed by atoms with Crippen molar-refractivity contribution in [1.82, 2.24) is 9.62 Å². The molecular weight excluding hydrogens is 416 g/mol. The third kappa shape index (κ3) is 4.46. The van der Waals surface area contributed by atoms with Gasteiger partial charge in [0.25, 0.3) is 5.91 Å². The summed E-state index contributed by atoms with van der Waals surface area (Å²) in [6.07, 6.45) is 0.715. The van der Waals surface area contributed by atoms with Gasteiger partial charge in [-0.25, -0.2) is 8.42 Å². The number of sulfonamides is 1. The molecule has 1 aliphatic rings. The van der Waals surface area contributed by atoms with E-state index in [0.717, 1.165) is 11.1 Å². The number of hydrogen-bond donors (Lipinski definition) is 1. The molecule has 7 heteroatoms. The number of hydrogen-bond acceptors (Lipinski definition) is 4. The maximum atomic E-state index is 13.1. The number of fused-ring (bicyclic) bond motifs is 1. The highest BCUT2D eigenvalue weighted by atomic mass is 32.2. The van der Waals surface area contributed by atoms with Crippen molar-refractivity contribution in [3.05, 3.63) is 87.6 Å². The van der Waals surface area contributed by atoms with E-state index in [9.17, 15) is 13.2 Å². The summed E-state index contributed by atoms with van der Waals surface area (Å²) >= 11 is 1.66. The second-order valence-electron chi connectivity index (χ2n) is 6.84. The first-order chi connectivity index (χ1) is 14.5. The molecule has 4 rings (SSSR count). The van der Waals surface area contributed by atoms with Crippen LogP contribution in [-0.2, 0) is 23.0 Å². The van der Waals surface area contributed by atoms with Gasteiger partial charge in [0.05, 0.1) is 11.4 Å². The Labute approximate surface area is 180 Å². The van der Waals surface area contributed by atoms with Crippen LogP contribution < -0.4 is 5.32 Å². The van der Waals surface area contributed by atoms with Crippen molar-refractivity contribution in [3.8, 4) is 11.8 Å². The van der Waals surface area contributed by atoms with E-state index in [-0.39, 0.29) is 17.3 Å². The fourth-order valence-corrected chi connectivity index (χ4v) is 5.62. The molecule has 0 bridgehead atoms. The molecule has 30 heavy (non-hydrogen) atoms. The molecule has 2 aromatic carbocycles. The molecule has 0 saturated heterocycles. The highest BCUT2D eigenvalue weighted by Gasteiger charge is 2.29. The van der Waals surface area contributed by atoms with Gasteiger partial charge in [0.2, 0.25) is 10.0 Å². The minimum atomic E-state index is -3.67. The van der Waals surface area contributed by atoms with Gasteiger partial charge in [-0.2, -0.15) is 4.31 Å². The zero-order valence-corrected chi connectivity index (χ0v) is 17.8. The Kier molecular flexibility index (Phi) is 6.00. The molecule has 0 saturated carbocycles. The predicted molar refractivity (Wildman–Crippen MR) is 118 cm³/mol. The van der Waals surface area contributed by atoms with Crippen molar-refractivity contribution in [1.29, 1.82) is 0 Å². The van der Waals surface area contributed by atoms with Crippen molar-refractivity contribution in [2.75, 3.05) is 13.1 Å². The standard InChI is InChI=1S/C23H20N2O3S2/c26-23(24-13-5-8-18-6-2-1-3-7-18)19-9-4-10-21(16-19)30(27,28)25-14-11-22-20(17-25)12-15-29-22/h1-4,6-7,9-10,12,15-16H,11,13-14,17H2,(H,24,26). The lowest BCUT2D eigenvalue weighted by atomic mass is 10.1. The van der Waals surface area contributed by atoms with Gasteiger partial charge in [-0.15, -0.1) is 11.3 Å². The zero-order valence-electron chi connectivity index (χ0n) is 16.2. The molecule has 0 fully saturated rings. The Morgan fingerprint density at radius 3 is 2.77 bits per heavy atom. The van der Waals surface area contributed by atoms with Crippen LogP contribution in [-0.4, -0.2) is 31.7 Å². The highest BCUT2D eigenvalue weighted by Crippen LogP contribution is 2.28. The topological polar surface area (TPSA) is 66.5 Å². The monoisotopic (exact) mass is 436 g/mol. The van der Waals surface area contributed by atoms with Crippen LogP contribution in [0, 0.1) is 11.8 Å². The summed E-state index contributed by atoms with van der Waals surface area (Å²) < 4.78 is 27.6. The maximum absolute atomic E-state index is 13.1. The van der Waals surface area contributed by atoms with Crippen LogP contribution in [0.15, 0.2) is 70.9 Å². The van der Waals surface area contributed by atoms with Crippen molar-refractivity contribution < 1.29 is 13.2 Å². The van der Waals surface area contributed by atoms with E-state index < -0.39 is 10.0 Å². The number of nitrogens with one attached hydrogen (secondary N) is 1. The van der Waals surface area contributed by atoms with Crippen molar-refractivity contribution >= 4 is 27.3 Å². The third-order valence-corrected chi connectivity index (χ3v) is 7.71. The Hall–Kier alpha value is -2.92. The molecule has 1 N–H and O–H groups in total. The highest BCUT2D eigenvalue weighted by molar-refractivity contribution is 7.89. The van der Waals surface area contributed by atoms with Crippen molar-refractivity contribution in [2.24, 2.45) is 0 Å². The van der Waals surface area contributed by atoms with Crippen LogP contribution in [0.25, 0.3) is 0 Å². The summed E-state index contributed by atoms with van der Waals surface area (Å²) in [5.74, 6) is 5.51. The van der Waals surface area contributed by atoms with Crippen LogP contribution in [0.1, 0.15) is 26.4 Å². The minimum Gasteiger partial charge on any atom is -0.341 e. The average Bonchev–Trinajstić information content (AvgIpc) is 3.25. The molecule has 3 aromatic rings. The molecule has 0 unspecified atom stereocenters. The van der Waals surface area contributed by atoms with Gasteiger partial charge in [-0.3, -0.25) is 4.79 Å². The first-order valence-electron chi connectivity index (χ1n) is 9.51. The van der Waals surface area contributed by atoms with Gasteiger partial charge in [0, 0.05) is 29.1 Å². The van der Waals surface area contributed by atoms with E-state index in [1.807, 2.05) is 41.8 Å². The Bertz CT molecular complexity index is 1220. The van der Waals surface area contributed by atoms with Crippen molar-refractivity contribution in [3.63, 3.8) is 0 Å². The predicted octanol–water partition coefficient (Wildman–Crippen LogP) is 3.28. The zero-order chi connectivity index (χ0) is 21.0. The normalized spacial score (nSPS) is 13.7. The van der Waals surface area contributed by atoms with Gasteiger partial charge in [-0.05, 0) is 53.8 Å². The number of carbonyl (C=O) groups excluding carboxylic acids is 1. The van der Waals surface area contributed by atoms with E-state index in [2.05, 4.69) is 17.2 Å². The molecule has 5 nitrogen and oxygen atoms in total. The van der Waals surface area contributed by atoms with Crippen LogP contribution in [0.2, 0.25) is 0 Å². The number of nitrogens with zero attached hydrogens (tertiary/aromatic N) is 1. The van der Waals surface area contributed by atoms with Gasteiger partial charge in [-0.1, -0.05) is 36.1 Å². The van der Waals surface area contributed by atoms with Crippen LogP contribution in [0.5, 0.6) is 0 Å². The Balaban J connectivity index is 1.44. The lowest BCUT2D eigenvalue weighted by Gasteiger charge is -2.26. The lowest BCUT2D eigenvalue weighted by Crippen LogP contribution is -2.35. The third-order valence-electron chi connectivity index (χ3n) is 4.85. The molecule has 1 amide bonds. The van der Waals surface area contributed by atoms with Crippen LogP contribution >= 0.6 is 11.3 Å². The maximum Gasteiger partial charge on any atom is 0.252 e. The summed E-state index contributed by atoms with van der Waals surface area (Å²) in [7, 11) is -3.67. The SMILES string of the molecule is O=C(NCC#Cc1ccccc1)c1cccc(S(=O)(=O)N2CCc3sccc3C2)c1. The second-order valence-corrected chi connectivity index (χ2v) is 9.77. The Morgan fingerprint density at radius 2 is 1.93 bits per heavy atom. The van der Waals surface area contributed by atoms with E-state index in [4.69, 9.17) is 0 Å². The molecule has 0 radical (unpaired) electrons. The molecule has 1 aliphatic heterocycles. The largest absolute Gasteiger partial charge is 0.341 e. The smallest absolute Gasteiger partial charge is 0.252 e. The quantitative estimate of drug-likeness (QED) is 0.639. The van der Waals surface area contributed by atoms with E-state index in [0.29, 0.717) is 25.1 Å². The molecular formula is C23H20N2O3S2. The number of benzene rings is 2. The van der Waals surface area contributed by atoms with Crippen LogP contribution in [0.4, 0.5) is 0 Å². The van der Waals surface area contributed by atoms with E-state index in [1.54, 1.807) is 23.5 Å². The van der Waals surface area contributed by atoms with Crippen LogP contribution in [0.3, 0.4) is 0 Å². The average molecular weight is 437 g/mol. The summed E-state index contributed by atoms with van der Waals surface area (Å²) in [6, 6.07) is 17.6. The van der Waals surface area contributed by atoms with Gasteiger partial charge in [0.15, 0.2) is 0 Å². The molecule has 0 spiro atoms. The molecule has 2 heterocycles.